The number of hydrogen-bond acceptors (Lipinski definition) is 2. The van der Waals surface area contributed by atoms with Crippen molar-refractivity contribution < 1.29 is 4.42 Å². The van der Waals surface area contributed by atoms with Crippen molar-refractivity contribution in [2.75, 3.05) is 6.54 Å². The van der Waals surface area contributed by atoms with E-state index in [2.05, 4.69) is 46.4 Å². The Bertz CT molecular complexity index is 453. The van der Waals surface area contributed by atoms with Crippen LogP contribution in [0, 0.1) is 0 Å². The predicted molar refractivity (Wildman–Crippen MR) is 73.0 cm³/mol. The first-order valence-corrected chi connectivity index (χ1v) is 6.57. The highest BCUT2D eigenvalue weighted by Crippen LogP contribution is 2.22. The largest absolute Gasteiger partial charge is 0.469 e. The molecule has 17 heavy (non-hydrogen) atoms. The van der Waals surface area contributed by atoms with Gasteiger partial charge in [0.1, 0.15) is 5.76 Å². The third kappa shape index (κ3) is 3.45. The van der Waals surface area contributed by atoms with Crippen LogP contribution in [-0.2, 0) is 6.42 Å². The van der Waals surface area contributed by atoms with Gasteiger partial charge in [-0.3, -0.25) is 0 Å². The van der Waals surface area contributed by atoms with Crippen LogP contribution < -0.4 is 5.32 Å². The van der Waals surface area contributed by atoms with Crippen molar-refractivity contribution in [1.82, 2.24) is 5.32 Å². The summed E-state index contributed by atoms with van der Waals surface area (Å²) < 4.78 is 6.45. The first-order valence-electron chi connectivity index (χ1n) is 5.77. The predicted octanol–water partition coefficient (Wildman–Crippen LogP) is 3.94. The van der Waals surface area contributed by atoms with Gasteiger partial charge in [0.05, 0.1) is 6.26 Å². The zero-order chi connectivity index (χ0) is 12.1. The van der Waals surface area contributed by atoms with Gasteiger partial charge in [-0.2, -0.15) is 0 Å². The Labute approximate surface area is 110 Å². The lowest BCUT2D eigenvalue weighted by Crippen LogP contribution is -2.21. The van der Waals surface area contributed by atoms with E-state index in [9.17, 15) is 0 Å². The Morgan fingerprint density at radius 2 is 2.06 bits per heavy atom. The molecule has 90 valence electrons. The minimum Gasteiger partial charge on any atom is -0.469 e. The van der Waals surface area contributed by atoms with Gasteiger partial charge in [-0.05, 0) is 30.7 Å². The molecule has 0 saturated heterocycles. The minimum atomic E-state index is 0.334. The van der Waals surface area contributed by atoms with Crippen LogP contribution in [0.25, 0.3) is 0 Å². The molecule has 1 atom stereocenters. The molecule has 0 saturated carbocycles. The molecule has 1 N–H and O–H groups in total. The molecule has 0 fully saturated rings. The molecule has 0 bridgehead atoms. The van der Waals surface area contributed by atoms with E-state index in [0.29, 0.717) is 6.04 Å². The van der Waals surface area contributed by atoms with Crippen molar-refractivity contribution >= 4 is 15.9 Å². The molecule has 0 spiro atoms. The third-order valence-electron chi connectivity index (χ3n) is 2.77. The van der Waals surface area contributed by atoms with Crippen molar-refractivity contribution in [2.45, 2.75) is 19.4 Å². The molecule has 2 aromatic rings. The zero-order valence-corrected chi connectivity index (χ0v) is 11.4. The van der Waals surface area contributed by atoms with Crippen LogP contribution in [0.5, 0.6) is 0 Å². The smallest absolute Gasteiger partial charge is 0.105 e. The molecular weight excluding hydrogens is 278 g/mol. The number of halogens is 1. The summed E-state index contributed by atoms with van der Waals surface area (Å²) in [6.45, 7) is 3.08. The normalized spacial score (nSPS) is 12.6. The molecule has 1 heterocycles. The molecule has 0 aliphatic carbocycles. The summed E-state index contributed by atoms with van der Waals surface area (Å²) in [4.78, 5) is 0. The zero-order valence-electron chi connectivity index (χ0n) is 9.82. The molecular formula is C14H16BrNO. The standard InChI is InChI=1S/C14H16BrNO/c1-11(13-6-2-3-7-14(13)15)16-9-8-12-5-4-10-17-12/h2-7,10-11,16H,8-9H2,1H3. The Kier molecular flexibility index (Phi) is 4.40. The molecule has 0 aliphatic rings. The number of nitrogens with one attached hydrogen (secondary N) is 1. The molecule has 1 aromatic heterocycles. The summed E-state index contributed by atoms with van der Waals surface area (Å²) in [6, 6.07) is 12.6. The van der Waals surface area contributed by atoms with Crippen LogP contribution in [0.2, 0.25) is 0 Å². The highest BCUT2D eigenvalue weighted by atomic mass is 79.9. The molecule has 0 aliphatic heterocycles. The van der Waals surface area contributed by atoms with Gasteiger partial charge in [-0.1, -0.05) is 34.1 Å². The fourth-order valence-corrected chi connectivity index (χ4v) is 2.43. The lowest BCUT2D eigenvalue weighted by molar-refractivity contribution is 0.486. The first-order chi connectivity index (χ1) is 8.27. The summed E-state index contributed by atoms with van der Waals surface area (Å²) in [5, 5.41) is 3.49. The lowest BCUT2D eigenvalue weighted by atomic mass is 10.1. The third-order valence-corrected chi connectivity index (χ3v) is 3.50. The fraction of sp³-hybridized carbons (Fsp3) is 0.286. The Hall–Kier alpha value is -1.06. The maximum Gasteiger partial charge on any atom is 0.105 e. The van der Waals surface area contributed by atoms with E-state index in [-0.39, 0.29) is 0 Å². The second-order valence-electron chi connectivity index (χ2n) is 4.03. The highest BCUT2D eigenvalue weighted by molar-refractivity contribution is 9.10. The maximum absolute atomic E-state index is 5.30. The van der Waals surface area contributed by atoms with E-state index < -0.39 is 0 Å². The van der Waals surface area contributed by atoms with Gasteiger partial charge >= 0.3 is 0 Å². The second-order valence-corrected chi connectivity index (χ2v) is 4.88. The van der Waals surface area contributed by atoms with Crippen LogP contribution in [0.4, 0.5) is 0 Å². The average molecular weight is 294 g/mol. The van der Waals surface area contributed by atoms with Crippen LogP contribution in [-0.4, -0.2) is 6.54 Å². The van der Waals surface area contributed by atoms with E-state index in [1.54, 1.807) is 6.26 Å². The summed E-state index contributed by atoms with van der Waals surface area (Å²) in [5.74, 6) is 1.02. The molecule has 0 amide bonds. The van der Waals surface area contributed by atoms with E-state index in [1.165, 1.54) is 5.56 Å². The van der Waals surface area contributed by atoms with Crippen molar-refractivity contribution in [1.29, 1.82) is 0 Å². The quantitative estimate of drug-likeness (QED) is 0.903. The van der Waals surface area contributed by atoms with Crippen molar-refractivity contribution in [3.8, 4) is 0 Å². The van der Waals surface area contributed by atoms with Gasteiger partial charge in [0.15, 0.2) is 0 Å². The number of furan rings is 1. The molecule has 1 unspecified atom stereocenters. The molecule has 3 heteroatoms. The number of rotatable bonds is 5. The van der Waals surface area contributed by atoms with E-state index in [4.69, 9.17) is 4.42 Å². The topological polar surface area (TPSA) is 25.2 Å². The van der Waals surface area contributed by atoms with E-state index in [0.717, 1.165) is 23.2 Å². The number of hydrogen-bond donors (Lipinski definition) is 1. The Morgan fingerprint density at radius 3 is 2.76 bits per heavy atom. The SMILES string of the molecule is CC(NCCc1ccco1)c1ccccc1Br. The molecule has 0 radical (unpaired) electrons. The summed E-state index contributed by atoms with van der Waals surface area (Å²) in [6.07, 6.45) is 2.63. The Morgan fingerprint density at radius 1 is 1.24 bits per heavy atom. The van der Waals surface area contributed by atoms with Gasteiger partial charge in [-0.15, -0.1) is 0 Å². The molecule has 1 aromatic carbocycles. The lowest BCUT2D eigenvalue weighted by Gasteiger charge is -2.15. The van der Waals surface area contributed by atoms with Crippen molar-refractivity contribution in [2.24, 2.45) is 0 Å². The maximum atomic E-state index is 5.30. The minimum absolute atomic E-state index is 0.334. The van der Waals surface area contributed by atoms with Crippen LogP contribution in [0.15, 0.2) is 51.6 Å². The van der Waals surface area contributed by atoms with Gasteiger partial charge in [0, 0.05) is 23.5 Å². The molecule has 2 rings (SSSR count). The van der Waals surface area contributed by atoms with Crippen LogP contribution in [0.1, 0.15) is 24.3 Å². The Balaban J connectivity index is 1.85. The summed E-state index contributed by atoms with van der Waals surface area (Å²) in [5.41, 5.74) is 1.28. The fourth-order valence-electron chi connectivity index (χ4n) is 1.80. The van der Waals surface area contributed by atoms with Gasteiger partial charge in [0.2, 0.25) is 0 Å². The summed E-state index contributed by atoms with van der Waals surface area (Å²) in [7, 11) is 0. The van der Waals surface area contributed by atoms with E-state index >= 15 is 0 Å². The second kappa shape index (κ2) is 6.03. The van der Waals surface area contributed by atoms with Gasteiger partial charge in [-0.25, -0.2) is 0 Å². The van der Waals surface area contributed by atoms with Crippen molar-refractivity contribution in [3.63, 3.8) is 0 Å². The summed E-state index contributed by atoms with van der Waals surface area (Å²) >= 11 is 3.57. The number of benzene rings is 1. The van der Waals surface area contributed by atoms with Crippen molar-refractivity contribution in [3.05, 3.63) is 58.5 Å². The average Bonchev–Trinajstić information content (AvgIpc) is 2.82. The molecule has 2 nitrogen and oxygen atoms in total. The van der Waals surface area contributed by atoms with Gasteiger partial charge < -0.3 is 9.73 Å². The van der Waals surface area contributed by atoms with Crippen LogP contribution in [0.3, 0.4) is 0 Å². The van der Waals surface area contributed by atoms with Gasteiger partial charge in [0.25, 0.3) is 0 Å². The van der Waals surface area contributed by atoms with E-state index in [1.807, 2.05) is 18.2 Å². The van der Waals surface area contributed by atoms with Crippen LogP contribution >= 0.6 is 15.9 Å². The highest BCUT2D eigenvalue weighted by Gasteiger charge is 2.07. The monoisotopic (exact) mass is 293 g/mol. The first kappa shape index (κ1) is 12.4.